The Labute approximate surface area is 279 Å². The molecule has 0 saturated heterocycles. The zero-order valence-electron chi connectivity index (χ0n) is 25.8. The number of aromatic nitrogens is 1. The molecule has 0 spiro atoms. The summed E-state index contributed by atoms with van der Waals surface area (Å²) in [7, 11) is -0.503. The molecule has 1 aromatic heterocycles. The maximum absolute atomic E-state index is 14.2. The van der Waals surface area contributed by atoms with Crippen molar-refractivity contribution in [2.45, 2.75) is 43.7 Å². The first-order chi connectivity index (χ1) is 21.9. The first-order valence-electron chi connectivity index (χ1n) is 14.8. The number of aliphatic carboxylic acids is 1. The van der Waals surface area contributed by atoms with E-state index in [1.165, 1.54) is 24.3 Å². The van der Waals surface area contributed by atoms with E-state index in [0.29, 0.717) is 29.2 Å². The van der Waals surface area contributed by atoms with Crippen LogP contribution in [0.25, 0.3) is 10.8 Å². The molecule has 0 aliphatic rings. The van der Waals surface area contributed by atoms with Crippen molar-refractivity contribution in [3.8, 4) is 0 Å². The SMILES string of the molecule is CCCCC(C(=O)O)N(c1cccc2c(C(=O)NCc3ccc(NCCN(C)C)nc3)cccc12)S(=O)(=O)c1cc(Cl)cc(Cl)c1. The number of benzene rings is 3. The number of carboxylic acids is 1. The molecule has 0 fully saturated rings. The molecule has 3 N–H and O–H groups in total. The van der Waals surface area contributed by atoms with Crippen molar-refractivity contribution in [2.75, 3.05) is 36.8 Å². The number of nitrogens with zero attached hydrogens (tertiary/aromatic N) is 3. The first kappa shape index (κ1) is 35.0. The number of carbonyl (C=O) groups is 2. The highest BCUT2D eigenvalue weighted by atomic mass is 35.5. The van der Waals surface area contributed by atoms with Gasteiger partial charge in [0.1, 0.15) is 11.9 Å². The van der Waals surface area contributed by atoms with Gasteiger partial charge in [-0.2, -0.15) is 0 Å². The van der Waals surface area contributed by atoms with Gasteiger partial charge in [-0.25, -0.2) is 18.2 Å². The van der Waals surface area contributed by atoms with Crippen molar-refractivity contribution in [3.05, 3.63) is 94.1 Å². The minimum atomic E-state index is -4.49. The second-order valence-corrected chi connectivity index (χ2v) is 13.7. The van der Waals surface area contributed by atoms with Gasteiger partial charge in [0, 0.05) is 46.8 Å². The fourth-order valence-corrected chi connectivity index (χ4v) is 7.38. The highest BCUT2D eigenvalue weighted by Gasteiger charge is 2.37. The van der Waals surface area contributed by atoms with Gasteiger partial charge < -0.3 is 20.6 Å². The summed E-state index contributed by atoms with van der Waals surface area (Å²) in [5.74, 6) is -0.951. The number of nitrogens with one attached hydrogen (secondary N) is 2. The summed E-state index contributed by atoms with van der Waals surface area (Å²) in [5.41, 5.74) is 1.22. The van der Waals surface area contributed by atoms with Crippen LogP contribution in [0.2, 0.25) is 10.0 Å². The molecule has 0 radical (unpaired) electrons. The average molecular weight is 687 g/mol. The number of amides is 1. The standard InChI is InChI=1S/C33H37Cl2N5O5S/c1-4-5-11-30(33(42)43)40(46(44,45)25-18-23(34)17-24(35)19-25)29-12-7-8-26-27(29)9-6-10-28(26)32(41)38-21-22-13-14-31(37-20-22)36-15-16-39(2)3/h6-10,12-14,17-20,30H,4-5,11,15-16,21H2,1-3H3,(H,36,37)(H,38,41)(H,42,43). The van der Waals surface area contributed by atoms with Gasteiger partial charge in [-0.1, -0.05) is 73.3 Å². The number of carboxylic acid groups (broad SMARTS) is 1. The van der Waals surface area contributed by atoms with Crippen LogP contribution in [-0.4, -0.2) is 68.5 Å². The molecule has 4 rings (SSSR count). The molecule has 46 heavy (non-hydrogen) atoms. The van der Waals surface area contributed by atoms with Crippen molar-refractivity contribution in [3.63, 3.8) is 0 Å². The Balaban J connectivity index is 1.70. The molecule has 1 atom stereocenters. The van der Waals surface area contributed by atoms with Crippen LogP contribution in [0.15, 0.2) is 77.8 Å². The highest BCUT2D eigenvalue weighted by Crippen LogP contribution is 2.36. The molecule has 1 unspecified atom stereocenters. The first-order valence-corrected chi connectivity index (χ1v) is 17.0. The van der Waals surface area contributed by atoms with Gasteiger partial charge in [0.05, 0.1) is 10.6 Å². The van der Waals surface area contributed by atoms with Crippen LogP contribution < -0.4 is 14.9 Å². The lowest BCUT2D eigenvalue weighted by molar-refractivity contribution is -0.138. The lowest BCUT2D eigenvalue weighted by Crippen LogP contribution is -2.45. The van der Waals surface area contributed by atoms with Gasteiger partial charge >= 0.3 is 5.97 Å². The van der Waals surface area contributed by atoms with Gasteiger partial charge in [-0.3, -0.25) is 9.10 Å². The van der Waals surface area contributed by atoms with Crippen molar-refractivity contribution in [1.82, 2.24) is 15.2 Å². The molecule has 3 aromatic carbocycles. The number of rotatable bonds is 15. The fraction of sp³-hybridized carbons (Fsp3) is 0.303. The van der Waals surface area contributed by atoms with E-state index in [4.69, 9.17) is 23.2 Å². The van der Waals surface area contributed by atoms with Crippen LogP contribution in [0.5, 0.6) is 0 Å². The molecule has 1 heterocycles. The minimum Gasteiger partial charge on any atom is -0.480 e. The Bertz CT molecular complexity index is 1780. The minimum absolute atomic E-state index is 0.0634. The van der Waals surface area contributed by atoms with E-state index >= 15 is 0 Å². The smallest absolute Gasteiger partial charge is 0.327 e. The molecule has 13 heteroatoms. The topological polar surface area (TPSA) is 132 Å². The Morgan fingerprint density at radius 3 is 2.30 bits per heavy atom. The summed E-state index contributed by atoms with van der Waals surface area (Å²) in [4.78, 5) is 32.3. The fourth-order valence-electron chi connectivity index (χ4n) is 5.00. The molecular weight excluding hydrogens is 649 g/mol. The maximum atomic E-state index is 14.2. The largest absolute Gasteiger partial charge is 0.480 e. The number of hydrogen-bond donors (Lipinski definition) is 3. The quantitative estimate of drug-likeness (QED) is 0.133. The normalized spacial score (nSPS) is 12.2. The van der Waals surface area contributed by atoms with Gasteiger partial charge in [0.2, 0.25) is 0 Å². The lowest BCUT2D eigenvalue weighted by atomic mass is 10.0. The Morgan fingerprint density at radius 2 is 1.67 bits per heavy atom. The summed E-state index contributed by atoms with van der Waals surface area (Å²) in [5, 5.41) is 17.5. The monoisotopic (exact) mass is 685 g/mol. The zero-order valence-corrected chi connectivity index (χ0v) is 28.2. The van der Waals surface area contributed by atoms with Gasteiger partial charge in [0.25, 0.3) is 15.9 Å². The predicted octanol–water partition coefficient (Wildman–Crippen LogP) is 6.28. The number of halogens is 2. The average Bonchev–Trinajstić information content (AvgIpc) is 3.01. The van der Waals surface area contributed by atoms with Crippen LogP contribution in [0, 0.1) is 0 Å². The summed E-state index contributed by atoms with van der Waals surface area (Å²) in [6.07, 6.45) is 2.88. The van der Waals surface area contributed by atoms with E-state index in [-0.39, 0.29) is 39.5 Å². The number of fused-ring (bicyclic) bond motifs is 1. The molecule has 0 aliphatic heterocycles. The highest BCUT2D eigenvalue weighted by molar-refractivity contribution is 7.93. The summed E-state index contributed by atoms with van der Waals surface area (Å²) in [6.45, 7) is 3.72. The Hall–Kier alpha value is -3.90. The third kappa shape index (κ3) is 8.47. The second kappa shape index (κ2) is 15.6. The van der Waals surface area contributed by atoms with Gasteiger partial charge in [0.15, 0.2) is 0 Å². The van der Waals surface area contributed by atoms with Crippen molar-refractivity contribution < 1.29 is 23.1 Å². The number of unbranched alkanes of at least 4 members (excludes halogenated alkanes) is 1. The van der Waals surface area contributed by atoms with E-state index in [1.54, 1.807) is 36.5 Å². The number of likely N-dealkylation sites (N-methyl/N-ethyl adjacent to an activating group) is 1. The number of anilines is 2. The molecule has 1 amide bonds. The number of carbonyl (C=O) groups excluding carboxylic acids is 1. The van der Waals surface area contributed by atoms with Crippen LogP contribution in [-0.2, 0) is 21.4 Å². The van der Waals surface area contributed by atoms with Crippen molar-refractivity contribution >= 4 is 67.4 Å². The van der Waals surface area contributed by atoms with Crippen LogP contribution in [0.3, 0.4) is 0 Å². The number of sulfonamides is 1. The van der Waals surface area contributed by atoms with E-state index in [2.05, 4.69) is 20.5 Å². The molecule has 0 bridgehead atoms. The molecule has 244 valence electrons. The van der Waals surface area contributed by atoms with Crippen LogP contribution in [0.4, 0.5) is 11.5 Å². The van der Waals surface area contributed by atoms with Gasteiger partial charge in [-0.05, 0) is 67.9 Å². The Morgan fingerprint density at radius 1 is 0.978 bits per heavy atom. The summed E-state index contributed by atoms with van der Waals surface area (Å²) in [6, 6.07) is 15.9. The van der Waals surface area contributed by atoms with Crippen LogP contribution in [0.1, 0.15) is 42.1 Å². The molecule has 0 aliphatic carbocycles. The lowest BCUT2D eigenvalue weighted by Gasteiger charge is -2.31. The Kier molecular flexibility index (Phi) is 11.9. The molecule has 0 saturated carbocycles. The van der Waals surface area contributed by atoms with Crippen molar-refractivity contribution in [2.24, 2.45) is 0 Å². The van der Waals surface area contributed by atoms with Crippen LogP contribution >= 0.6 is 23.2 Å². The second-order valence-electron chi connectivity index (χ2n) is 11.0. The summed E-state index contributed by atoms with van der Waals surface area (Å²) >= 11 is 12.3. The third-order valence-electron chi connectivity index (χ3n) is 7.32. The maximum Gasteiger partial charge on any atom is 0.327 e. The predicted molar refractivity (Wildman–Crippen MR) is 183 cm³/mol. The molecule has 10 nitrogen and oxygen atoms in total. The molecular formula is C33H37Cl2N5O5S. The van der Waals surface area contributed by atoms with E-state index < -0.39 is 22.0 Å². The zero-order chi connectivity index (χ0) is 33.4. The van der Waals surface area contributed by atoms with Crippen molar-refractivity contribution in [1.29, 1.82) is 0 Å². The van der Waals surface area contributed by atoms with E-state index in [9.17, 15) is 23.1 Å². The number of pyridine rings is 1. The molecule has 4 aromatic rings. The van der Waals surface area contributed by atoms with E-state index in [1.807, 2.05) is 33.2 Å². The third-order valence-corrected chi connectivity index (χ3v) is 9.55. The van der Waals surface area contributed by atoms with Gasteiger partial charge in [-0.15, -0.1) is 0 Å². The number of hydrogen-bond acceptors (Lipinski definition) is 7. The van der Waals surface area contributed by atoms with E-state index in [0.717, 1.165) is 28.8 Å². The summed E-state index contributed by atoms with van der Waals surface area (Å²) < 4.78 is 29.4.